The molecule has 0 radical (unpaired) electrons. The Balaban J connectivity index is 1.43. The Morgan fingerprint density at radius 2 is 1.75 bits per heavy atom. The number of carbonyl (C=O) groups excluding carboxylic acids is 1. The standard InChI is InChI=1S/C33H28ClN3O6S/c1-3-42-29-18-24(17-28(34)31(29)43-21-23-8-7-11-26(16-23)37(39)40)19-30-32(38)36(20-22-12-14-27(41-2)15-13-22)33(44-30)35-25-9-5-4-6-10-25/h4-19H,3,20-21H2,1-2H3/b30-19-,35-33?. The van der Waals surface area contributed by atoms with E-state index in [1.807, 2.05) is 61.5 Å². The van der Waals surface area contributed by atoms with Gasteiger partial charge < -0.3 is 14.2 Å². The number of ether oxygens (including phenoxy) is 3. The summed E-state index contributed by atoms with van der Waals surface area (Å²) in [5.41, 5.74) is 2.88. The number of aliphatic imine (C=N–C) groups is 1. The molecule has 44 heavy (non-hydrogen) atoms. The van der Waals surface area contributed by atoms with Crippen molar-refractivity contribution >= 4 is 51.9 Å². The normalized spacial score (nSPS) is 14.7. The second-order valence-electron chi connectivity index (χ2n) is 9.56. The second kappa shape index (κ2) is 14.1. The molecule has 0 unspecified atom stereocenters. The van der Waals surface area contributed by atoms with Crippen molar-refractivity contribution in [3.63, 3.8) is 0 Å². The number of thioether (sulfide) groups is 1. The van der Waals surface area contributed by atoms with E-state index in [4.69, 9.17) is 30.8 Å². The van der Waals surface area contributed by atoms with Crippen LogP contribution in [0, 0.1) is 10.1 Å². The SMILES string of the molecule is CCOc1cc(/C=C2\SC(=Nc3ccccc3)N(Cc3ccc(OC)cc3)C2=O)cc(Cl)c1OCc1cccc([N+](=O)[O-])c1. The van der Waals surface area contributed by atoms with E-state index in [1.165, 1.54) is 23.9 Å². The van der Waals surface area contributed by atoms with Crippen LogP contribution in [0.2, 0.25) is 5.02 Å². The number of hydrogen-bond donors (Lipinski definition) is 0. The maximum absolute atomic E-state index is 13.7. The number of rotatable bonds is 11. The molecule has 0 N–H and O–H groups in total. The monoisotopic (exact) mass is 629 g/mol. The highest BCUT2D eigenvalue weighted by atomic mass is 35.5. The molecule has 5 rings (SSSR count). The first-order valence-corrected chi connectivity index (χ1v) is 14.8. The third kappa shape index (κ3) is 7.39. The molecule has 1 aliphatic rings. The Bertz CT molecular complexity index is 1730. The molecule has 1 saturated heterocycles. The number of amides is 1. The van der Waals surface area contributed by atoms with Gasteiger partial charge in [0.05, 0.1) is 40.8 Å². The van der Waals surface area contributed by atoms with E-state index < -0.39 is 4.92 Å². The van der Waals surface area contributed by atoms with Crippen molar-refractivity contribution in [3.8, 4) is 17.2 Å². The number of methoxy groups -OCH3 is 1. The third-order valence-corrected chi connectivity index (χ3v) is 7.79. The van der Waals surface area contributed by atoms with Gasteiger partial charge in [-0.15, -0.1) is 0 Å². The number of nitro groups is 1. The van der Waals surface area contributed by atoms with Gasteiger partial charge in [0.15, 0.2) is 16.7 Å². The molecule has 0 bridgehead atoms. The minimum Gasteiger partial charge on any atom is -0.497 e. The number of benzene rings is 4. The van der Waals surface area contributed by atoms with Gasteiger partial charge in [-0.3, -0.25) is 19.8 Å². The molecule has 1 fully saturated rings. The number of para-hydroxylation sites is 1. The van der Waals surface area contributed by atoms with Gasteiger partial charge in [0.1, 0.15) is 12.4 Å². The second-order valence-corrected chi connectivity index (χ2v) is 11.0. The Morgan fingerprint density at radius 3 is 2.45 bits per heavy atom. The van der Waals surface area contributed by atoms with E-state index in [0.717, 1.165) is 17.0 Å². The minimum atomic E-state index is -0.458. The highest BCUT2D eigenvalue weighted by Crippen LogP contribution is 2.40. The maximum atomic E-state index is 13.7. The molecule has 9 nitrogen and oxygen atoms in total. The summed E-state index contributed by atoms with van der Waals surface area (Å²) in [5.74, 6) is 1.23. The summed E-state index contributed by atoms with van der Waals surface area (Å²) < 4.78 is 17.1. The lowest BCUT2D eigenvalue weighted by Crippen LogP contribution is -2.28. The number of carbonyl (C=O) groups is 1. The molecule has 1 amide bonds. The average molecular weight is 630 g/mol. The van der Waals surface area contributed by atoms with Crippen molar-refractivity contribution in [3.05, 3.63) is 128 Å². The average Bonchev–Trinajstić information content (AvgIpc) is 3.30. The molecule has 4 aromatic rings. The lowest BCUT2D eigenvalue weighted by atomic mass is 10.1. The van der Waals surface area contributed by atoms with Gasteiger partial charge in [-0.2, -0.15) is 0 Å². The molecule has 0 saturated carbocycles. The molecule has 0 atom stereocenters. The van der Waals surface area contributed by atoms with Crippen LogP contribution in [0.15, 0.2) is 101 Å². The summed E-state index contributed by atoms with van der Waals surface area (Å²) >= 11 is 7.93. The van der Waals surface area contributed by atoms with E-state index in [1.54, 1.807) is 42.4 Å². The molecule has 224 valence electrons. The van der Waals surface area contributed by atoms with E-state index in [0.29, 0.717) is 45.9 Å². The molecule has 0 spiro atoms. The van der Waals surface area contributed by atoms with Gasteiger partial charge >= 0.3 is 0 Å². The molecule has 0 aliphatic carbocycles. The molecule has 11 heteroatoms. The van der Waals surface area contributed by atoms with Gasteiger partial charge in [0.2, 0.25) is 0 Å². The van der Waals surface area contributed by atoms with Crippen molar-refractivity contribution in [1.29, 1.82) is 0 Å². The van der Waals surface area contributed by atoms with Crippen molar-refractivity contribution in [2.75, 3.05) is 13.7 Å². The van der Waals surface area contributed by atoms with E-state index in [2.05, 4.69) is 0 Å². The topological polar surface area (TPSA) is 104 Å². The summed E-state index contributed by atoms with van der Waals surface area (Å²) in [5, 5.41) is 12.0. The lowest BCUT2D eigenvalue weighted by molar-refractivity contribution is -0.384. The fourth-order valence-electron chi connectivity index (χ4n) is 4.40. The summed E-state index contributed by atoms with van der Waals surface area (Å²) in [4.78, 5) is 31.3. The zero-order chi connectivity index (χ0) is 31.1. The molecular formula is C33H28ClN3O6S. The van der Waals surface area contributed by atoms with Crippen molar-refractivity contribution < 1.29 is 23.9 Å². The van der Waals surface area contributed by atoms with Crippen LogP contribution in [0.1, 0.15) is 23.6 Å². The fourth-order valence-corrected chi connectivity index (χ4v) is 5.67. The van der Waals surface area contributed by atoms with Crippen LogP contribution >= 0.6 is 23.4 Å². The highest BCUT2D eigenvalue weighted by Gasteiger charge is 2.33. The number of non-ortho nitro benzene ring substituents is 1. The first-order valence-electron chi connectivity index (χ1n) is 13.6. The summed E-state index contributed by atoms with van der Waals surface area (Å²) in [6, 6.07) is 26.6. The summed E-state index contributed by atoms with van der Waals surface area (Å²) in [7, 11) is 1.61. The largest absolute Gasteiger partial charge is 0.497 e. The zero-order valence-electron chi connectivity index (χ0n) is 23.9. The number of nitrogens with zero attached hydrogens (tertiary/aromatic N) is 3. The fraction of sp³-hybridized carbons (Fsp3) is 0.152. The summed E-state index contributed by atoms with van der Waals surface area (Å²) in [6.45, 7) is 2.56. The van der Waals surface area contributed by atoms with E-state index >= 15 is 0 Å². The number of halogens is 1. The van der Waals surface area contributed by atoms with Crippen LogP contribution in [0.4, 0.5) is 11.4 Å². The highest BCUT2D eigenvalue weighted by molar-refractivity contribution is 8.18. The van der Waals surface area contributed by atoms with Gasteiger partial charge in [0.25, 0.3) is 11.6 Å². The van der Waals surface area contributed by atoms with Gasteiger partial charge in [0, 0.05) is 12.1 Å². The molecule has 1 heterocycles. The molecule has 1 aliphatic heterocycles. The van der Waals surface area contributed by atoms with Crippen molar-refractivity contribution in [2.24, 2.45) is 4.99 Å². The Morgan fingerprint density at radius 1 is 0.977 bits per heavy atom. The Hall–Kier alpha value is -4.80. The smallest absolute Gasteiger partial charge is 0.269 e. The molecular weight excluding hydrogens is 602 g/mol. The van der Waals surface area contributed by atoms with E-state index in [-0.39, 0.29) is 23.2 Å². The van der Waals surface area contributed by atoms with Crippen LogP contribution in [-0.4, -0.2) is 34.6 Å². The van der Waals surface area contributed by atoms with Crippen LogP contribution < -0.4 is 14.2 Å². The minimum absolute atomic E-state index is 0.0286. The first kappa shape index (κ1) is 30.7. The number of amidine groups is 1. The van der Waals surface area contributed by atoms with Crippen LogP contribution in [0.3, 0.4) is 0 Å². The third-order valence-electron chi connectivity index (χ3n) is 6.50. The number of hydrogen-bond acceptors (Lipinski definition) is 8. The Kier molecular flexibility index (Phi) is 9.83. The number of nitro benzene ring substituents is 1. The molecule has 4 aromatic carbocycles. The Labute approximate surface area is 263 Å². The van der Waals surface area contributed by atoms with E-state index in [9.17, 15) is 14.9 Å². The first-order chi connectivity index (χ1) is 21.3. The zero-order valence-corrected chi connectivity index (χ0v) is 25.5. The quantitative estimate of drug-likeness (QED) is 0.0939. The van der Waals surface area contributed by atoms with Gasteiger partial charge in [-0.1, -0.05) is 54.1 Å². The summed E-state index contributed by atoms with van der Waals surface area (Å²) in [6.07, 6.45) is 1.75. The van der Waals surface area contributed by atoms with Crippen LogP contribution in [0.5, 0.6) is 17.2 Å². The van der Waals surface area contributed by atoms with Gasteiger partial charge in [-0.05, 0) is 77.9 Å². The van der Waals surface area contributed by atoms with Crippen molar-refractivity contribution in [2.45, 2.75) is 20.1 Å². The molecule has 0 aromatic heterocycles. The maximum Gasteiger partial charge on any atom is 0.269 e. The lowest BCUT2D eigenvalue weighted by Gasteiger charge is -2.16. The van der Waals surface area contributed by atoms with Crippen molar-refractivity contribution in [1.82, 2.24) is 4.90 Å². The predicted octanol–water partition coefficient (Wildman–Crippen LogP) is 8.04. The van der Waals surface area contributed by atoms with Crippen LogP contribution in [0.25, 0.3) is 6.08 Å². The van der Waals surface area contributed by atoms with Gasteiger partial charge in [-0.25, -0.2) is 4.99 Å². The van der Waals surface area contributed by atoms with Crippen LogP contribution in [-0.2, 0) is 17.9 Å². The predicted molar refractivity (Wildman–Crippen MR) is 173 cm³/mol.